The van der Waals surface area contributed by atoms with Crippen molar-refractivity contribution in [1.82, 2.24) is 4.90 Å². The second-order valence-electron chi connectivity index (χ2n) is 3.28. The van der Waals surface area contributed by atoms with Crippen molar-refractivity contribution in [3.05, 3.63) is 0 Å². The number of amides is 1. The lowest BCUT2D eigenvalue weighted by atomic mass is 10.2. The van der Waals surface area contributed by atoms with E-state index in [4.69, 9.17) is 10.00 Å². The standard InChI is InChI=1S/C9H14N2O2/c1-7(5-10)9(12)11-4-3-8(6-11)13-2/h7-8H,3-4,6H2,1-2H3/t7?,8-/m1/s1. The molecule has 1 amide bonds. The number of hydrogen-bond acceptors (Lipinski definition) is 3. The monoisotopic (exact) mass is 182 g/mol. The fourth-order valence-electron chi connectivity index (χ4n) is 1.45. The minimum Gasteiger partial charge on any atom is -0.380 e. The summed E-state index contributed by atoms with van der Waals surface area (Å²) in [6.45, 7) is 2.97. The predicted molar refractivity (Wildman–Crippen MR) is 46.8 cm³/mol. The lowest BCUT2D eigenvalue weighted by Gasteiger charge is -2.16. The highest BCUT2D eigenvalue weighted by Gasteiger charge is 2.28. The van der Waals surface area contributed by atoms with Gasteiger partial charge in [0.15, 0.2) is 0 Å². The summed E-state index contributed by atoms with van der Waals surface area (Å²) >= 11 is 0. The lowest BCUT2D eigenvalue weighted by Crippen LogP contribution is -2.33. The Balaban J connectivity index is 2.47. The van der Waals surface area contributed by atoms with E-state index in [1.165, 1.54) is 0 Å². The topological polar surface area (TPSA) is 53.3 Å². The highest BCUT2D eigenvalue weighted by atomic mass is 16.5. The van der Waals surface area contributed by atoms with Gasteiger partial charge in [0.05, 0.1) is 12.2 Å². The molecule has 1 rings (SSSR count). The normalized spacial score (nSPS) is 24.1. The van der Waals surface area contributed by atoms with Crippen LogP contribution < -0.4 is 0 Å². The second kappa shape index (κ2) is 4.24. The van der Waals surface area contributed by atoms with Crippen molar-refractivity contribution >= 4 is 5.91 Å². The van der Waals surface area contributed by atoms with Gasteiger partial charge in [-0.15, -0.1) is 0 Å². The molecule has 0 spiro atoms. The Morgan fingerprint density at radius 1 is 1.77 bits per heavy atom. The van der Waals surface area contributed by atoms with Crippen molar-refractivity contribution in [3.8, 4) is 6.07 Å². The molecule has 0 radical (unpaired) electrons. The first-order chi connectivity index (χ1) is 6.19. The minimum atomic E-state index is -0.532. The molecule has 0 saturated carbocycles. The van der Waals surface area contributed by atoms with Crippen molar-refractivity contribution < 1.29 is 9.53 Å². The van der Waals surface area contributed by atoms with Crippen LogP contribution in [0.1, 0.15) is 13.3 Å². The van der Waals surface area contributed by atoms with Crippen LogP contribution >= 0.6 is 0 Å². The zero-order valence-corrected chi connectivity index (χ0v) is 7.99. The fourth-order valence-corrected chi connectivity index (χ4v) is 1.45. The molecule has 0 bridgehead atoms. The van der Waals surface area contributed by atoms with Crippen LogP contribution in [0.5, 0.6) is 0 Å². The molecule has 1 fully saturated rings. The smallest absolute Gasteiger partial charge is 0.239 e. The van der Waals surface area contributed by atoms with Gasteiger partial charge in [-0.3, -0.25) is 4.79 Å². The molecule has 0 aliphatic carbocycles. The third-order valence-corrected chi connectivity index (χ3v) is 2.35. The Morgan fingerprint density at radius 2 is 2.46 bits per heavy atom. The van der Waals surface area contributed by atoms with Gasteiger partial charge >= 0.3 is 0 Å². The summed E-state index contributed by atoms with van der Waals surface area (Å²) in [5.74, 6) is -0.613. The van der Waals surface area contributed by atoms with Gasteiger partial charge < -0.3 is 9.64 Å². The van der Waals surface area contributed by atoms with E-state index in [-0.39, 0.29) is 12.0 Å². The molecule has 0 aromatic carbocycles. The molecule has 1 aliphatic heterocycles. The molecular weight excluding hydrogens is 168 g/mol. The van der Waals surface area contributed by atoms with Gasteiger partial charge in [-0.2, -0.15) is 5.26 Å². The highest BCUT2D eigenvalue weighted by Crippen LogP contribution is 2.14. The van der Waals surface area contributed by atoms with Crippen LogP contribution in [-0.2, 0) is 9.53 Å². The number of likely N-dealkylation sites (tertiary alicyclic amines) is 1. The first kappa shape index (κ1) is 10.0. The Morgan fingerprint density at radius 3 is 2.92 bits per heavy atom. The van der Waals surface area contributed by atoms with Gasteiger partial charge in [0.1, 0.15) is 5.92 Å². The van der Waals surface area contributed by atoms with E-state index in [1.807, 2.05) is 6.07 Å². The average Bonchev–Trinajstić information content (AvgIpc) is 2.63. The van der Waals surface area contributed by atoms with E-state index in [9.17, 15) is 4.79 Å². The third kappa shape index (κ3) is 2.19. The Bertz CT molecular complexity index is 234. The van der Waals surface area contributed by atoms with Gasteiger partial charge in [0.25, 0.3) is 0 Å². The molecule has 4 nitrogen and oxygen atoms in total. The SMILES string of the molecule is CO[C@@H]1CCN(C(=O)C(C)C#N)C1. The minimum absolute atomic E-state index is 0.0814. The number of carbonyl (C=O) groups excluding carboxylic acids is 1. The molecule has 4 heteroatoms. The van der Waals surface area contributed by atoms with Gasteiger partial charge in [-0.1, -0.05) is 0 Å². The Hall–Kier alpha value is -1.08. The van der Waals surface area contributed by atoms with Crippen LogP contribution in [0.15, 0.2) is 0 Å². The van der Waals surface area contributed by atoms with Gasteiger partial charge in [-0.25, -0.2) is 0 Å². The van der Waals surface area contributed by atoms with E-state index in [0.29, 0.717) is 13.1 Å². The number of nitrogens with zero attached hydrogens (tertiary/aromatic N) is 2. The van der Waals surface area contributed by atoms with Crippen LogP contribution in [0.4, 0.5) is 0 Å². The molecular formula is C9H14N2O2. The third-order valence-electron chi connectivity index (χ3n) is 2.35. The maximum absolute atomic E-state index is 11.5. The summed E-state index contributed by atoms with van der Waals surface area (Å²) in [5.41, 5.74) is 0. The number of rotatable bonds is 2. The zero-order valence-electron chi connectivity index (χ0n) is 7.99. The summed E-state index contributed by atoms with van der Waals surface area (Å²) < 4.78 is 5.13. The maximum Gasteiger partial charge on any atom is 0.239 e. The molecule has 0 aromatic heterocycles. The number of nitriles is 1. The summed E-state index contributed by atoms with van der Waals surface area (Å²) in [6, 6.07) is 1.94. The summed E-state index contributed by atoms with van der Waals surface area (Å²) in [4.78, 5) is 13.2. The number of ether oxygens (including phenoxy) is 1. The molecule has 1 unspecified atom stereocenters. The van der Waals surface area contributed by atoms with Crippen LogP contribution in [0.2, 0.25) is 0 Å². The van der Waals surface area contributed by atoms with Crippen molar-refractivity contribution in [3.63, 3.8) is 0 Å². The fraction of sp³-hybridized carbons (Fsp3) is 0.778. The Kier molecular flexibility index (Phi) is 3.26. The molecule has 72 valence electrons. The first-order valence-corrected chi connectivity index (χ1v) is 4.40. The maximum atomic E-state index is 11.5. The predicted octanol–water partition coefficient (Wildman–Crippen LogP) is 0.393. The zero-order chi connectivity index (χ0) is 9.84. The summed E-state index contributed by atoms with van der Waals surface area (Å²) in [7, 11) is 1.65. The van der Waals surface area contributed by atoms with Crippen molar-refractivity contribution in [2.24, 2.45) is 5.92 Å². The van der Waals surface area contributed by atoms with Crippen LogP contribution in [-0.4, -0.2) is 37.1 Å². The Labute approximate surface area is 78.1 Å². The van der Waals surface area contributed by atoms with Gasteiger partial charge in [-0.05, 0) is 13.3 Å². The van der Waals surface area contributed by atoms with E-state index in [0.717, 1.165) is 6.42 Å². The van der Waals surface area contributed by atoms with E-state index in [2.05, 4.69) is 0 Å². The quantitative estimate of drug-likeness (QED) is 0.621. The molecule has 2 atom stereocenters. The van der Waals surface area contributed by atoms with E-state index < -0.39 is 5.92 Å². The molecule has 1 saturated heterocycles. The first-order valence-electron chi connectivity index (χ1n) is 4.40. The van der Waals surface area contributed by atoms with Crippen molar-refractivity contribution in [1.29, 1.82) is 5.26 Å². The van der Waals surface area contributed by atoms with Gasteiger partial charge in [0, 0.05) is 20.2 Å². The molecule has 13 heavy (non-hydrogen) atoms. The van der Waals surface area contributed by atoms with E-state index in [1.54, 1.807) is 18.9 Å². The number of hydrogen-bond donors (Lipinski definition) is 0. The van der Waals surface area contributed by atoms with Crippen molar-refractivity contribution in [2.75, 3.05) is 20.2 Å². The second-order valence-corrected chi connectivity index (χ2v) is 3.28. The van der Waals surface area contributed by atoms with Crippen LogP contribution in [0, 0.1) is 17.2 Å². The molecule has 1 heterocycles. The van der Waals surface area contributed by atoms with Crippen LogP contribution in [0.3, 0.4) is 0 Å². The average molecular weight is 182 g/mol. The lowest BCUT2D eigenvalue weighted by molar-refractivity contribution is -0.132. The van der Waals surface area contributed by atoms with Gasteiger partial charge in [0.2, 0.25) is 5.91 Å². The molecule has 0 N–H and O–H groups in total. The molecule has 0 aromatic rings. The largest absolute Gasteiger partial charge is 0.380 e. The number of methoxy groups -OCH3 is 1. The molecule has 1 aliphatic rings. The number of carbonyl (C=O) groups is 1. The van der Waals surface area contributed by atoms with Crippen molar-refractivity contribution in [2.45, 2.75) is 19.4 Å². The van der Waals surface area contributed by atoms with E-state index >= 15 is 0 Å². The summed E-state index contributed by atoms with van der Waals surface area (Å²) in [6.07, 6.45) is 1.02. The van der Waals surface area contributed by atoms with Crippen LogP contribution in [0.25, 0.3) is 0 Å². The summed E-state index contributed by atoms with van der Waals surface area (Å²) in [5, 5.41) is 8.56. The highest BCUT2D eigenvalue weighted by molar-refractivity contribution is 5.81.